The van der Waals surface area contributed by atoms with Gasteiger partial charge in [-0.05, 0) is 13.3 Å². The average Bonchev–Trinajstić information content (AvgIpc) is 1.89. The highest BCUT2D eigenvalue weighted by atomic mass is 32.2. The number of hydrogen-bond donors (Lipinski definition) is 1. The Balaban J connectivity index is 3.17. The second-order valence-corrected chi connectivity index (χ2v) is 2.83. The molecule has 3 heteroatoms. The highest BCUT2D eigenvalue weighted by Gasteiger charge is 1.88. The fourth-order valence-corrected chi connectivity index (χ4v) is 0.956. The van der Waals surface area contributed by atoms with Gasteiger partial charge in [-0.2, -0.15) is 0 Å². The lowest BCUT2D eigenvalue weighted by molar-refractivity contribution is 0.320. The molecule has 0 saturated heterocycles. The summed E-state index contributed by atoms with van der Waals surface area (Å²) in [6.07, 6.45) is 2.80. The first-order valence-corrected chi connectivity index (χ1v) is 3.72. The molecule has 0 aliphatic heterocycles. The zero-order valence-electron chi connectivity index (χ0n) is 5.50. The lowest BCUT2D eigenvalue weighted by Crippen LogP contribution is -1.84. The van der Waals surface area contributed by atoms with Crippen molar-refractivity contribution in [3.63, 3.8) is 0 Å². The largest absolute Gasteiger partial charge is 0.410 e. The van der Waals surface area contributed by atoms with Crippen molar-refractivity contribution >= 4 is 16.8 Å². The molecule has 0 rings (SSSR count). The van der Waals surface area contributed by atoms with Gasteiger partial charge in [0.15, 0.2) is 0 Å². The Kier molecular flexibility index (Phi) is 5.41. The Morgan fingerprint density at radius 2 is 2.56 bits per heavy atom. The van der Waals surface area contributed by atoms with Crippen molar-refractivity contribution in [3.05, 3.63) is 12.7 Å². The molecule has 0 aromatic carbocycles. The number of oxime groups is 1. The molecule has 0 fully saturated rings. The van der Waals surface area contributed by atoms with E-state index >= 15 is 0 Å². The lowest BCUT2D eigenvalue weighted by atomic mass is 10.5. The van der Waals surface area contributed by atoms with E-state index in [4.69, 9.17) is 5.21 Å². The lowest BCUT2D eigenvalue weighted by Gasteiger charge is -1.92. The first-order chi connectivity index (χ1) is 4.31. The Hall–Kier alpha value is -0.440. The summed E-state index contributed by atoms with van der Waals surface area (Å²) >= 11 is 1.53. The molecule has 0 amide bonds. The Labute approximate surface area is 59.6 Å². The summed E-state index contributed by atoms with van der Waals surface area (Å²) in [5.74, 6) is 0.944. The van der Waals surface area contributed by atoms with Crippen molar-refractivity contribution in [2.75, 3.05) is 5.75 Å². The Bertz CT molecular complexity index is 112. The second kappa shape index (κ2) is 5.69. The molecule has 0 heterocycles. The molecule has 0 bridgehead atoms. The van der Waals surface area contributed by atoms with E-state index in [-0.39, 0.29) is 0 Å². The number of allylic oxidation sites excluding steroid dienone is 1. The van der Waals surface area contributed by atoms with Gasteiger partial charge in [-0.3, -0.25) is 0 Å². The molecular formula is C6H11NOS. The van der Waals surface area contributed by atoms with Crippen molar-refractivity contribution in [2.45, 2.75) is 13.3 Å². The van der Waals surface area contributed by atoms with Crippen LogP contribution in [-0.4, -0.2) is 16.0 Å². The van der Waals surface area contributed by atoms with Crippen LogP contribution in [0.4, 0.5) is 0 Å². The average molecular weight is 145 g/mol. The fraction of sp³-hybridized carbons (Fsp3) is 0.500. The van der Waals surface area contributed by atoms with Crippen LogP contribution >= 0.6 is 11.8 Å². The van der Waals surface area contributed by atoms with Gasteiger partial charge in [0.25, 0.3) is 0 Å². The maximum Gasteiger partial charge on any atom is 0.109 e. The van der Waals surface area contributed by atoms with Crippen molar-refractivity contribution in [1.29, 1.82) is 0 Å². The van der Waals surface area contributed by atoms with Crippen LogP contribution in [0.1, 0.15) is 13.3 Å². The molecule has 0 unspecified atom stereocenters. The molecule has 0 radical (unpaired) electrons. The monoisotopic (exact) mass is 145 g/mol. The summed E-state index contributed by atoms with van der Waals surface area (Å²) in [5, 5.41) is 11.9. The van der Waals surface area contributed by atoms with Crippen molar-refractivity contribution in [2.24, 2.45) is 5.16 Å². The third-order valence-corrected chi connectivity index (χ3v) is 1.71. The molecule has 0 atom stereocenters. The van der Waals surface area contributed by atoms with E-state index in [1.807, 2.05) is 6.08 Å². The van der Waals surface area contributed by atoms with Gasteiger partial charge in [-0.15, -0.1) is 18.3 Å². The maximum absolute atomic E-state index is 8.18. The second-order valence-electron chi connectivity index (χ2n) is 1.54. The first kappa shape index (κ1) is 8.56. The molecule has 52 valence electrons. The first-order valence-electron chi connectivity index (χ1n) is 2.73. The van der Waals surface area contributed by atoms with Gasteiger partial charge in [0.1, 0.15) is 5.04 Å². The minimum Gasteiger partial charge on any atom is -0.410 e. The van der Waals surface area contributed by atoms with Gasteiger partial charge in [0, 0.05) is 5.75 Å². The highest BCUT2D eigenvalue weighted by molar-refractivity contribution is 8.13. The molecule has 2 nitrogen and oxygen atoms in total. The van der Waals surface area contributed by atoms with Crippen molar-refractivity contribution < 1.29 is 5.21 Å². The van der Waals surface area contributed by atoms with Crippen LogP contribution in [0.15, 0.2) is 17.8 Å². The third-order valence-electron chi connectivity index (χ3n) is 0.774. The normalized spacial score (nSPS) is 11.4. The summed E-state index contributed by atoms with van der Waals surface area (Å²) in [7, 11) is 0. The predicted molar refractivity (Wildman–Crippen MR) is 42.2 cm³/mol. The number of nitrogens with zero attached hydrogens (tertiary/aromatic N) is 1. The van der Waals surface area contributed by atoms with Crippen molar-refractivity contribution in [1.82, 2.24) is 0 Å². The van der Waals surface area contributed by atoms with Gasteiger partial charge in [-0.25, -0.2) is 0 Å². The SMILES string of the molecule is C=CCCSC(C)=NO. The topological polar surface area (TPSA) is 32.6 Å². The molecule has 0 spiro atoms. The van der Waals surface area contributed by atoms with Gasteiger partial charge < -0.3 is 5.21 Å². The minimum atomic E-state index is 0.705. The summed E-state index contributed by atoms with van der Waals surface area (Å²) in [4.78, 5) is 0. The van der Waals surface area contributed by atoms with Crippen LogP contribution in [0.2, 0.25) is 0 Å². The van der Waals surface area contributed by atoms with Crippen LogP contribution in [0.25, 0.3) is 0 Å². The molecule has 9 heavy (non-hydrogen) atoms. The minimum absolute atomic E-state index is 0.705. The third kappa shape index (κ3) is 5.43. The van der Waals surface area contributed by atoms with Crippen LogP contribution in [0.3, 0.4) is 0 Å². The van der Waals surface area contributed by atoms with E-state index in [1.54, 1.807) is 6.92 Å². The summed E-state index contributed by atoms with van der Waals surface area (Å²) in [6, 6.07) is 0. The Morgan fingerprint density at radius 1 is 1.89 bits per heavy atom. The molecule has 0 aromatic rings. The van der Waals surface area contributed by atoms with Crippen LogP contribution < -0.4 is 0 Å². The predicted octanol–water partition coefficient (Wildman–Crippen LogP) is 2.10. The Morgan fingerprint density at radius 3 is 3.00 bits per heavy atom. The van der Waals surface area contributed by atoms with E-state index in [0.717, 1.165) is 12.2 Å². The van der Waals surface area contributed by atoms with Gasteiger partial charge in [0.05, 0.1) is 0 Å². The van der Waals surface area contributed by atoms with E-state index in [0.29, 0.717) is 5.04 Å². The summed E-state index contributed by atoms with van der Waals surface area (Å²) in [6.45, 7) is 5.34. The van der Waals surface area contributed by atoms with E-state index < -0.39 is 0 Å². The van der Waals surface area contributed by atoms with Crippen LogP contribution in [0, 0.1) is 0 Å². The molecule has 0 aromatic heterocycles. The smallest absolute Gasteiger partial charge is 0.109 e. The quantitative estimate of drug-likeness (QED) is 0.165. The van der Waals surface area contributed by atoms with Gasteiger partial charge in [0.2, 0.25) is 0 Å². The molecule has 0 saturated carbocycles. The fourth-order valence-electron chi connectivity index (χ4n) is 0.319. The molecular weight excluding hydrogens is 134 g/mol. The van der Waals surface area contributed by atoms with E-state index in [1.165, 1.54) is 11.8 Å². The molecule has 1 N–H and O–H groups in total. The standard InChI is InChI=1S/C6H11NOS/c1-3-4-5-9-6(2)7-8/h3,8H,1,4-5H2,2H3. The number of rotatable bonds is 3. The highest BCUT2D eigenvalue weighted by Crippen LogP contribution is 2.04. The number of hydrogen-bond acceptors (Lipinski definition) is 3. The van der Waals surface area contributed by atoms with Crippen LogP contribution in [0.5, 0.6) is 0 Å². The van der Waals surface area contributed by atoms with Crippen LogP contribution in [-0.2, 0) is 0 Å². The molecule has 0 aliphatic rings. The van der Waals surface area contributed by atoms with Gasteiger partial charge in [-0.1, -0.05) is 11.2 Å². The van der Waals surface area contributed by atoms with E-state index in [9.17, 15) is 0 Å². The summed E-state index contributed by atoms with van der Waals surface area (Å²) in [5.41, 5.74) is 0. The zero-order valence-corrected chi connectivity index (χ0v) is 6.32. The van der Waals surface area contributed by atoms with E-state index in [2.05, 4.69) is 11.7 Å². The zero-order chi connectivity index (χ0) is 7.11. The summed E-state index contributed by atoms with van der Waals surface area (Å²) < 4.78 is 0. The van der Waals surface area contributed by atoms with Gasteiger partial charge >= 0.3 is 0 Å². The molecule has 0 aliphatic carbocycles. The van der Waals surface area contributed by atoms with Crippen molar-refractivity contribution in [3.8, 4) is 0 Å². The maximum atomic E-state index is 8.18. The number of thioether (sulfide) groups is 1.